The molecule has 0 amide bonds. The molecule has 4 heteroatoms. The number of nitrogen functional groups attached to an aromatic ring is 1. The van der Waals surface area contributed by atoms with Crippen LogP contribution >= 0.6 is 0 Å². The number of ether oxygens (including phenoxy) is 1. The summed E-state index contributed by atoms with van der Waals surface area (Å²) in [7, 11) is 0. The van der Waals surface area contributed by atoms with Gasteiger partial charge in [0.15, 0.2) is 0 Å². The summed E-state index contributed by atoms with van der Waals surface area (Å²) in [5.74, 6) is 0.702. The first-order valence-electron chi connectivity index (χ1n) is 5.98. The van der Waals surface area contributed by atoms with E-state index in [4.69, 9.17) is 10.5 Å². The number of hydrogen-bond acceptors (Lipinski definition) is 4. The van der Waals surface area contributed by atoms with Crippen molar-refractivity contribution < 1.29 is 4.74 Å². The van der Waals surface area contributed by atoms with E-state index in [1.807, 2.05) is 43.3 Å². The summed E-state index contributed by atoms with van der Waals surface area (Å²) >= 11 is 0. The van der Waals surface area contributed by atoms with Gasteiger partial charge in [-0.3, -0.25) is 0 Å². The van der Waals surface area contributed by atoms with Crippen LogP contribution in [0.4, 0.5) is 5.69 Å². The maximum Gasteiger partial charge on any atom is 0.321 e. The molecule has 19 heavy (non-hydrogen) atoms. The molecule has 0 aliphatic carbocycles. The Morgan fingerprint density at radius 3 is 2.37 bits per heavy atom. The van der Waals surface area contributed by atoms with E-state index in [2.05, 4.69) is 9.97 Å². The van der Waals surface area contributed by atoms with E-state index < -0.39 is 0 Å². The van der Waals surface area contributed by atoms with Crippen LogP contribution in [-0.4, -0.2) is 9.97 Å². The standard InChI is InChI=1S/C15H13N3O/c1-10-8-17-15(18-9-10)19-14-7-6-13(16)11-4-2-3-5-12(11)14/h2-9H,16H2,1H3. The first-order chi connectivity index (χ1) is 9.24. The van der Waals surface area contributed by atoms with Gasteiger partial charge in [0.2, 0.25) is 0 Å². The molecule has 1 heterocycles. The highest BCUT2D eigenvalue weighted by molar-refractivity contribution is 5.97. The molecule has 0 saturated heterocycles. The molecule has 0 unspecified atom stereocenters. The molecule has 3 rings (SSSR count). The van der Waals surface area contributed by atoms with E-state index in [1.54, 1.807) is 12.4 Å². The second-order valence-corrected chi connectivity index (χ2v) is 4.34. The highest BCUT2D eigenvalue weighted by atomic mass is 16.5. The predicted octanol–water partition coefficient (Wildman–Crippen LogP) is 3.31. The monoisotopic (exact) mass is 251 g/mol. The van der Waals surface area contributed by atoms with Crippen molar-refractivity contribution in [3.8, 4) is 11.8 Å². The highest BCUT2D eigenvalue weighted by Crippen LogP contribution is 2.31. The van der Waals surface area contributed by atoms with Crippen LogP contribution in [0.5, 0.6) is 11.8 Å². The van der Waals surface area contributed by atoms with Crippen molar-refractivity contribution in [1.29, 1.82) is 0 Å². The van der Waals surface area contributed by atoms with Crippen LogP contribution < -0.4 is 10.5 Å². The summed E-state index contributed by atoms with van der Waals surface area (Å²) in [4.78, 5) is 8.28. The molecule has 1 aromatic heterocycles. The van der Waals surface area contributed by atoms with Crippen molar-refractivity contribution in [3.63, 3.8) is 0 Å². The lowest BCUT2D eigenvalue weighted by Crippen LogP contribution is -1.94. The zero-order chi connectivity index (χ0) is 13.2. The minimum atomic E-state index is 0.334. The normalized spacial score (nSPS) is 10.6. The molecule has 94 valence electrons. The molecule has 0 aliphatic heterocycles. The van der Waals surface area contributed by atoms with Crippen LogP contribution in [0.1, 0.15) is 5.56 Å². The molecular formula is C15H13N3O. The number of aryl methyl sites for hydroxylation is 1. The molecule has 0 atom stereocenters. The minimum absolute atomic E-state index is 0.334. The van der Waals surface area contributed by atoms with E-state index in [9.17, 15) is 0 Å². The average molecular weight is 251 g/mol. The fourth-order valence-corrected chi connectivity index (χ4v) is 1.92. The molecule has 0 radical (unpaired) electrons. The minimum Gasteiger partial charge on any atom is -0.424 e. The second-order valence-electron chi connectivity index (χ2n) is 4.34. The second kappa shape index (κ2) is 4.57. The summed E-state index contributed by atoms with van der Waals surface area (Å²) in [6.45, 7) is 1.93. The molecular weight excluding hydrogens is 238 g/mol. The van der Waals surface area contributed by atoms with Crippen molar-refractivity contribution in [2.45, 2.75) is 6.92 Å². The number of benzene rings is 2. The first-order valence-corrected chi connectivity index (χ1v) is 5.98. The van der Waals surface area contributed by atoms with Crippen molar-refractivity contribution in [3.05, 3.63) is 54.4 Å². The van der Waals surface area contributed by atoms with Crippen LogP contribution in [0, 0.1) is 6.92 Å². The number of rotatable bonds is 2. The molecule has 0 bridgehead atoms. The van der Waals surface area contributed by atoms with Gasteiger partial charge < -0.3 is 10.5 Å². The maximum atomic E-state index is 5.95. The molecule has 2 aromatic carbocycles. The lowest BCUT2D eigenvalue weighted by Gasteiger charge is -2.09. The zero-order valence-corrected chi connectivity index (χ0v) is 10.5. The SMILES string of the molecule is Cc1cnc(Oc2ccc(N)c3ccccc23)nc1. The van der Waals surface area contributed by atoms with Gasteiger partial charge in [-0.15, -0.1) is 0 Å². The molecule has 0 saturated carbocycles. The molecule has 0 aliphatic rings. The van der Waals surface area contributed by atoms with E-state index in [-0.39, 0.29) is 0 Å². The third-order valence-electron chi connectivity index (χ3n) is 2.88. The largest absolute Gasteiger partial charge is 0.424 e. The third-order valence-corrected chi connectivity index (χ3v) is 2.88. The van der Waals surface area contributed by atoms with E-state index in [0.717, 1.165) is 22.0 Å². The number of anilines is 1. The summed E-state index contributed by atoms with van der Waals surface area (Å²) < 4.78 is 5.72. The molecule has 2 N–H and O–H groups in total. The highest BCUT2D eigenvalue weighted by Gasteiger charge is 2.06. The summed E-state index contributed by atoms with van der Waals surface area (Å²) in [6.07, 6.45) is 3.45. The van der Waals surface area contributed by atoms with Gasteiger partial charge in [-0.1, -0.05) is 24.3 Å². The molecule has 0 fully saturated rings. The number of aromatic nitrogens is 2. The zero-order valence-electron chi connectivity index (χ0n) is 10.5. The quantitative estimate of drug-likeness (QED) is 0.710. The van der Waals surface area contributed by atoms with E-state index in [1.165, 1.54) is 0 Å². The Morgan fingerprint density at radius 2 is 1.63 bits per heavy atom. The van der Waals surface area contributed by atoms with Gasteiger partial charge in [0, 0.05) is 28.9 Å². The van der Waals surface area contributed by atoms with Gasteiger partial charge in [-0.25, -0.2) is 9.97 Å². The van der Waals surface area contributed by atoms with Gasteiger partial charge in [0.25, 0.3) is 0 Å². The van der Waals surface area contributed by atoms with Gasteiger partial charge in [0.1, 0.15) is 5.75 Å². The predicted molar refractivity (Wildman–Crippen MR) is 75.2 cm³/mol. The van der Waals surface area contributed by atoms with Crippen LogP contribution in [0.2, 0.25) is 0 Å². The van der Waals surface area contributed by atoms with Crippen LogP contribution in [0.25, 0.3) is 10.8 Å². The Bertz CT molecular complexity index is 723. The lowest BCUT2D eigenvalue weighted by molar-refractivity contribution is 0.446. The topological polar surface area (TPSA) is 61.0 Å². The Morgan fingerprint density at radius 1 is 0.947 bits per heavy atom. The third kappa shape index (κ3) is 2.20. The molecule has 3 aromatic rings. The van der Waals surface area contributed by atoms with Crippen molar-refractivity contribution in [1.82, 2.24) is 9.97 Å². The molecule has 0 spiro atoms. The summed E-state index contributed by atoms with van der Waals surface area (Å²) in [5, 5.41) is 1.92. The number of nitrogens with zero attached hydrogens (tertiary/aromatic N) is 2. The number of fused-ring (bicyclic) bond motifs is 1. The van der Waals surface area contributed by atoms with E-state index in [0.29, 0.717) is 11.8 Å². The number of nitrogens with two attached hydrogens (primary N) is 1. The lowest BCUT2D eigenvalue weighted by atomic mass is 10.1. The van der Waals surface area contributed by atoms with Gasteiger partial charge in [0.05, 0.1) is 0 Å². The van der Waals surface area contributed by atoms with E-state index >= 15 is 0 Å². The summed E-state index contributed by atoms with van der Waals surface area (Å²) in [6, 6.07) is 11.8. The first kappa shape index (κ1) is 11.5. The van der Waals surface area contributed by atoms with Crippen LogP contribution in [-0.2, 0) is 0 Å². The fraction of sp³-hybridized carbons (Fsp3) is 0.0667. The molecule has 4 nitrogen and oxygen atoms in total. The Hall–Kier alpha value is -2.62. The average Bonchev–Trinajstić information content (AvgIpc) is 2.45. The van der Waals surface area contributed by atoms with Crippen molar-refractivity contribution in [2.24, 2.45) is 0 Å². The number of hydrogen-bond donors (Lipinski definition) is 1. The Labute approximate surface area is 110 Å². The Balaban J connectivity index is 2.06. The van der Waals surface area contributed by atoms with Gasteiger partial charge in [-0.2, -0.15) is 0 Å². The Kier molecular flexibility index (Phi) is 2.76. The fourth-order valence-electron chi connectivity index (χ4n) is 1.92. The van der Waals surface area contributed by atoms with Gasteiger partial charge in [-0.05, 0) is 24.6 Å². The van der Waals surface area contributed by atoms with Crippen molar-refractivity contribution in [2.75, 3.05) is 5.73 Å². The van der Waals surface area contributed by atoms with Crippen LogP contribution in [0.15, 0.2) is 48.8 Å². The van der Waals surface area contributed by atoms with Crippen LogP contribution in [0.3, 0.4) is 0 Å². The summed E-state index contributed by atoms with van der Waals surface area (Å²) in [5.41, 5.74) is 7.68. The van der Waals surface area contributed by atoms with Crippen molar-refractivity contribution >= 4 is 16.5 Å². The van der Waals surface area contributed by atoms with Gasteiger partial charge >= 0.3 is 6.01 Å². The maximum absolute atomic E-state index is 5.95. The smallest absolute Gasteiger partial charge is 0.321 e.